The van der Waals surface area contributed by atoms with Gasteiger partial charge in [-0.3, -0.25) is 4.79 Å². The highest BCUT2D eigenvalue weighted by Gasteiger charge is 2.24. The Morgan fingerprint density at radius 1 is 1.57 bits per heavy atom. The van der Waals surface area contributed by atoms with Crippen molar-refractivity contribution in [2.75, 3.05) is 18.6 Å². The molecule has 1 aliphatic rings. The van der Waals surface area contributed by atoms with Crippen LogP contribution in [0.5, 0.6) is 5.88 Å². The third-order valence-electron chi connectivity index (χ3n) is 2.31. The lowest BCUT2D eigenvalue weighted by molar-refractivity contribution is -0.117. The fraction of sp³-hybridized carbons (Fsp3) is 0.400. The van der Waals surface area contributed by atoms with E-state index in [1.54, 1.807) is 18.2 Å². The van der Waals surface area contributed by atoms with Gasteiger partial charge in [0.15, 0.2) is 0 Å². The lowest BCUT2D eigenvalue weighted by atomic mass is 10.3. The third kappa shape index (κ3) is 1.43. The zero-order chi connectivity index (χ0) is 9.97. The zero-order valence-electron chi connectivity index (χ0n) is 8.06. The first-order valence-electron chi connectivity index (χ1n) is 4.62. The molecule has 1 aliphatic heterocycles. The summed E-state index contributed by atoms with van der Waals surface area (Å²) in [5.41, 5.74) is 0.775. The van der Waals surface area contributed by atoms with Crippen LogP contribution in [0.25, 0.3) is 0 Å². The van der Waals surface area contributed by atoms with Crippen molar-refractivity contribution in [2.24, 2.45) is 0 Å². The van der Waals surface area contributed by atoms with E-state index in [9.17, 15) is 4.79 Å². The van der Waals surface area contributed by atoms with Crippen LogP contribution >= 0.6 is 0 Å². The van der Waals surface area contributed by atoms with E-state index in [0.717, 1.165) is 18.7 Å². The lowest BCUT2D eigenvalue weighted by Crippen LogP contribution is -2.24. The largest absolute Gasteiger partial charge is 0.480 e. The van der Waals surface area contributed by atoms with Gasteiger partial charge in [-0.15, -0.1) is 0 Å². The number of hydrogen-bond donors (Lipinski definition) is 0. The van der Waals surface area contributed by atoms with Gasteiger partial charge in [-0.25, -0.2) is 4.98 Å². The molecule has 0 atom stereocenters. The van der Waals surface area contributed by atoms with Crippen molar-refractivity contribution in [1.29, 1.82) is 0 Å². The van der Waals surface area contributed by atoms with Crippen LogP contribution in [0.3, 0.4) is 0 Å². The molecule has 1 aromatic heterocycles. The van der Waals surface area contributed by atoms with Crippen LogP contribution in [-0.2, 0) is 4.79 Å². The van der Waals surface area contributed by atoms with Crippen molar-refractivity contribution < 1.29 is 9.53 Å². The fourth-order valence-electron chi connectivity index (χ4n) is 1.65. The molecule has 0 aliphatic carbocycles. The molecule has 0 radical (unpaired) electrons. The number of amides is 1. The van der Waals surface area contributed by atoms with E-state index in [0.29, 0.717) is 12.3 Å². The molecule has 0 bridgehead atoms. The summed E-state index contributed by atoms with van der Waals surface area (Å²) in [6.07, 6.45) is 3.19. The molecule has 0 spiro atoms. The van der Waals surface area contributed by atoms with Gasteiger partial charge in [0.1, 0.15) is 5.69 Å². The summed E-state index contributed by atoms with van der Waals surface area (Å²) in [7, 11) is 1.56. The average Bonchev–Trinajstić information content (AvgIpc) is 2.64. The molecule has 0 saturated carbocycles. The van der Waals surface area contributed by atoms with Gasteiger partial charge in [0.25, 0.3) is 0 Å². The minimum absolute atomic E-state index is 0.149. The number of aromatic nitrogens is 1. The van der Waals surface area contributed by atoms with E-state index in [1.807, 2.05) is 12.1 Å². The van der Waals surface area contributed by atoms with Crippen LogP contribution in [0.1, 0.15) is 12.8 Å². The molecule has 1 amide bonds. The van der Waals surface area contributed by atoms with Gasteiger partial charge in [0.2, 0.25) is 11.8 Å². The zero-order valence-corrected chi connectivity index (χ0v) is 8.06. The second kappa shape index (κ2) is 3.65. The summed E-state index contributed by atoms with van der Waals surface area (Å²) in [6, 6.07) is 3.67. The Morgan fingerprint density at radius 3 is 3.07 bits per heavy atom. The summed E-state index contributed by atoms with van der Waals surface area (Å²) < 4.78 is 5.10. The second-order valence-electron chi connectivity index (χ2n) is 3.18. The summed E-state index contributed by atoms with van der Waals surface area (Å²) in [5, 5.41) is 0. The van der Waals surface area contributed by atoms with Gasteiger partial charge < -0.3 is 9.64 Å². The molecule has 14 heavy (non-hydrogen) atoms. The molecule has 0 unspecified atom stereocenters. The van der Waals surface area contributed by atoms with Crippen molar-refractivity contribution in [3.8, 4) is 5.88 Å². The van der Waals surface area contributed by atoms with Gasteiger partial charge >= 0.3 is 0 Å². The number of carbonyl (C=O) groups excluding carboxylic acids is 1. The summed E-state index contributed by atoms with van der Waals surface area (Å²) in [6.45, 7) is 0.765. The highest BCUT2D eigenvalue weighted by molar-refractivity contribution is 5.96. The maximum atomic E-state index is 11.5. The van der Waals surface area contributed by atoms with Crippen molar-refractivity contribution in [1.82, 2.24) is 4.98 Å². The highest BCUT2D eigenvalue weighted by atomic mass is 16.5. The van der Waals surface area contributed by atoms with E-state index in [1.165, 1.54) is 0 Å². The van der Waals surface area contributed by atoms with Crippen molar-refractivity contribution in [2.45, 2.75) is 12.8 Å². The smallest absolute Gasteiger partial charge is 0.237 e. The van der Waals surface area contributed by atoms with Crippen molar-refractivity contribution >= 4 is 11.6 Å². The Kier molecular flexibility index (Phi) is 2.35. The van der Waals surface area contributed by atoms with Gasteiger partial charge in [0, 0.05) is 19.2 Å². The van der Waals surface area contributed by atoms with Crippen molar-refractivity contribution in [3.05, 3.63) is 18.3 Å². The minimum Gasteiger partial charge on any atom is -0.480 e. The normalized spacial score (nSPS) is 16.1. The molecule has 2 rings (SSSR count). The van der Waals surface area contributed by atoms with E-state index in [-0.39, 0.29) is 5.91 Å². The molecule has 2 heterocycles. The maximum Gasteiger partial charge on any atom is 0.237 e. The molecule has 74 valence electrons. The molecule has 0 N–H and O–H groups in total. The van der Waals surface area contributed by atoms with E-state index < -0.39 is 0 Å². The molecule has 4 nitrogen and oxygen atoms in total. The van der Waals surface area contributed by atoms with Crippen LogP contribution in [0, 0.1) is 0 Å². The number of rotatable bonds is 2. The van der Waals surface area contributed by atoms with Gasteiger partial charge in [0.05, 0.1) is 7.11 Å². The number of ether oxygens (including phenoxy) is 1. The number of nitrogens with zero attached hydrogens (tertiary/aromatic N) is 2. The van der Waals surface area contributed by atoms with Gasteiger partial charge in [-0.05, 0) is 18.6 Å². The van der Waals surface area contributed by atoms with Gasteiger partial charge in [-0.2, -0.15) is 0 Å². The Labute approximate surface area is 82.5 Å². The number of anilines is 1. The minimum atomic E-state index is 0.149. The quantitative estimate of drug-likeness (QED) is 0.707. The standard InChI is InChI=1S/C10H12N2O2/c1-14-10-8(4-2-6-11-10)12-7-3-5-9(12)13/h2,4,6H,3,5,7H2,1H3. The predicted octanol–water partition coefficient (Wildman–Crippen LogP) is 1.22. The monoisotopic (exact) mass is 192 g/mol. The van der Waals surface area contributed by atoms with Crippen LogP contribution in [-0.4, -0.2) is 24.5 Å². The third-order valence-corrected chi connectivity index (χ3v) is 2.31. The summed E-state index contributed by atoms with van der Waals surface area (Å²) in [4.78, 5) is 17.3. The Morgan fingerprint density at radius 2 is 2.43 bits per heavy atom. The lowest BCUT2D eigenvalue weighted by Gasteiger charge is -2.17. The van der Waals surface area contributed by atoms with Gasteiger partial charge in [-0.1, -0.05) is 0 Å². The predicted molar refractivity (Wildman–Crippen MR) is 52.4 cm³/mol. The number of methoxy groups -OCH3 is 1. The summed E-state index contributed by atoms with van der Waals surface area (Å²) >= 11 is 0. The molecule has 1 saturated heterocycles. The molecular weight excluding hydrogens is 180 g/mol. The first-order chi connectivity index (χ1) is 6.83. The van der Waals surface area contributed by atoms with Crippen LogP contribution < -0.4 is 9.64 Å². The Bertz CT molecular complexity index is 352. The number of hydrogen-bond acceptors (Lipinski definition) is 3. The molecular formula is C10H12N2O2. The van der Waals surface area contributed by atoms with E-state index >= 15 is 0 Å². The fourth-order valence-corrected chi connectivity index (χ4v) is 1.65. The van der Waals surface area contributed by atoms with Crippen LogP contribution in [0.4, 0.5) is 5.69 Å². The summed E-state index contributed by atoms with van der Waals surface area (Å²) in [5.74, 6) is 0.666. The average molecular weight is 192 g/mol. The topological polar surface area (TPSA) is 42.4 Å². The second-order valence-corrected chi connectivity index (χ2v) is 3.18. The number of carbonyl (C=O) groups is 1. The number of pyridine rings is 1. The SMILES string of the molecule is COc1ncccc1N1CCCC1=O. The highest BCUT2D eigenvalue weighted by Crippen LogP contribution is 2.28. The first-order valence-corrected chi connectivity index (χ1v) is 4.62. The Hall–Kier alpha value is -1.58. The van der Waals surface area contributed by atoms with Crippen molar-refractivity contribution in [3.63, 3.8) is 0 Å². The molecule has 1 aromatic rings. The van der Waals surface area contributed by atoms with E-state index in [2.05, 4.69) is 4.98 Å². The molecule has 1 fully saturated rings. The maximum absolute atomic E-state index is 11.5. The Balaban J connectivity index is 2.35. The van der Waals surface area contributed by atoms with Crippen LogP contribution in [0.2, 0.25) is 0 Å². The van der Waals surface area contributed by atoms with E-state index in [4.69, 9.17) is 4.74 Å². The first kappa shape index (κ1) is 8.99. The van der Waals surface area contributed by atoms with Crippen LogP contribution in [0.15, 0.2) is 18.3 Å². The molecule has 4 heteroatoms. The molecule has 0 aromatic carbocycles.